The van der Waals surface area contributed by atoms with E-state index >= 15 is 0 Å². The van der Waals surface area contributed by atoms with E-state index in [0.717, 1.165) is 21.0 Å². The predicted molar refractivity (Wildman–Crippen MR) is 116 cm³/mol. The van der Waals surface area contributed by atoms with Crippen molar-refractivity contribution in [1.29, 1.82) is 0 Å². The van der Waals surface area contributed by atoms with Crippen LogP contribution in [0.25, 0.3) is 10.6 Å². The molecule has 0 radical (unpaired) electrons. The number of methoxy groups -OCH3 is 2. The Kier molecular flexibility index (Phi) is 6.01. The molecule has 1 saturated heterocycles. The van der Waals surface area contributed by atoms with Crippen LogP contribution >= 0.6 is 11.3 Å². The highest BCUT2D eigenvalue weighted by atomic mass is 32.1. The van der Waals surface area contributed by atoms with Gasteiger partial charge in [-0.15, -0.1) is 11.3 Å². The van der Waals surface area contributed by atoms with E-state index in [4.69, 9.17) is 14.2 Å². The zero-order valence-corrected chi connectivity index (χ0v) is 18.1. The monoisotopic (exact) mass is 424 g/mol. The molecule has 6 nitrogen and oxygen atoms in total. The largest absolute Gasteiger partial charge is 0.493 e. The molecule has 1 atom stereocenters. The molecule has 30 heavy (non-hydrogen) atoms. The molecule has 7 heteroatoms. The number of nitrogens with zero attached hydrogens (tertiary/aromatic N) is 2. The zero-order chi connectivity index (χ0) is 21.1. The van der Waals surface area contributed by atoms with E-state index in [0.29, 0.717) is 36.9 Å². The van der Waals surface area contributed by atoms with Crippen molar-refractivity contribution in [2.75, 3.05) is 33.9 Å². The van der Waals surface area contributed by atoms with Crippen molar-refractivity contribution >= 4 is 17.2 Å². The third-order valence-electron chi connectivity index (χ3n) is 5.15. The number of carbonyl (C=O) groups excluding carboxylic acids is 1. The molecule has 1 aromatic heterocycles. The zero-order valence-electron chi connectivity index (χ0n) is 17.3. The minimum Gasteiger partial charge on any atom is -0.493 e. The molecule has 1 amide bonds. The maximum Gasteiger partial charge on any atom is 0.273 e. The molecule has 0 bridgehead atoms. The van der Waals surface area contributed by atoms with Crippen molar-refractivity contribution in [3.05, 3.63) is 64.7 Å². The molecule has 4 rings (SSSR count). The highest BCUT2D eigenvalue weighted by Crippen LogP contribution is 2.35. The molecule has 0 N–H and O–H groups in total. The summed E-state index contributed by atoms with van der Waals surface area (Å²) in [6.45, 7) is 3.53. The van der Waals surface area contributed by atoms with Crippen molar-refractivity contribution in [3.8, 4) is 22.1 Å². The summed E-state index contributed by atoms with van der Waals surface area (Å²) in [5.74, 6) is 1.24. The van der Waals surface area contributed by atoms with Crippen LogP contribution < -0.4 is 9.47 Å². The van der Waals surface area contributed by atoms with Gasteiger partial charge in [0, 0.05) is 17.0 Å². The van der Waals surface area contributed by atoms with Crippen LogP contribution in [0.2, 0.25) is 0 Å². The Balaban J connectivity index is 1.56. The van der Waals surface area contributed by atoms with Crippen LogP contribution in [0.3, 0.4) is 0 Å². The number of rotatable bonds is 5. The third kappa shape index (κ3) is 4.04. The van der Waals surface area contributed by atoms with Crippen LogP contribution in [0.1, 0.15) is 27.0 Å². The Bertz CT molecular complexity index is 1030. The lowest BCUT2D eigenvalue weighted by Crippen LogP contribution is -2.42. The van der Waals surface area contributed by atoms with Gasteiger partial charge in [-0.05, 0) is 30.7 Å². The molecule has 1 fully saturated rings. The SMILES string of the molecule is COc1ccc(-c2nc(C(=O)N3CCO[C@H](c4ccccc4)C3)c(C)s2)cc1OC. The van der Waals surface area contributed by atoms with Gasteiger partial charge < -0.3 is 19.1 Å². The maximum absolute atomic E-state index is 13.2. The van der Waals surface area contributed by atoms with Gasteiger partial charge in [0.15, 0.2) is 11.5 Å². The molecule has 156 valence electrons. The molecule has 0 unspecified atom stereocenters. The van der Waals surface area contributed by atoms with Crippen LogP contribution in [-0.2, 0) is 4.74 Å². The molecule has 3 aromatic rings. The summed E-state index contributed by atoms with van der Waals surface area (Å²) in [5, 5.41) is 0.782. The molecular formula is C23H24N2O4S. The summed E-state index contributed by atoms with van der Waals surface area (Å²) in [7, 11) is 3.21. The lowest BCUT2D eigenvalue weighted by atomic mass is 10.1. The van der Waals surface area contributed by atoms with Crippen LogP contribution in [-0.4, -0.2) is 49.7 Å². The normalized spacial score (nSPS) is 16.4. The lowest BCUT2D eigenvalue weighted by Gasteiger charge is -2.33. The second-order valence-corrected chi connectivity index (χ2v) is 8.22. The number of morpholine rings is 1. The Morgan fingerprint density at radius 2 is 1.90 bits per heavy atom. The van der Waals surface area contributed by atoms with Gasteiger partial charge in [-0.1, -0.05) is 30.3 Å². The second-order valence-electron chi connectivity index (χ2n) is 7.01. The van der Waals surface area contributed by atoms with Crippen LogP contribution in [0.5, 0.6) is 11.5 Å². The van der Waals surface area contributed by atoms with Crippen molar-refractivity contribution in [1.82, 2.24) is 9.88 Å². The maximum atomic E-state index is 13.2. The summed E-state index contributed by atoms with van der Waals surface area (Å²) in [4.78, 5) is 20.6. The van der Waals surface area contributed by atoms with Crippen molar-refractivity contribution in [2.24, 2.45) is 0 Å². The van der Waals surface area contributed by atoms with Gasteiger partial charge in [-0.25, -0.2) is 4.98 Å². The lowest BCUT2D eigenvalue weighted by molar-refractivity contribution is -0.0230. The molecule has 1 aliphatic heterocycles. The summed E-state index contributed by atoms with van der Waals surface area (Å²) < 4.78 is 16.6. The topological polar surface area (TPSA) is 60.9 Å². The Morgan fingerprint density at radius 1 is 1.13 bits per heavy atom. The fourth-order valence-corrected chi connectivity index (χ4v) is 4.44. The van der Waals surface area contributed by atoms with Gasteiger partial charge in [0.05, 0.1) is 27.4 Å². The first kappa shape index (κ1) is 20.4. The van der Waals surface area contributed by atoms with E-state index in [1.54, 1.807) is 14.2 Å². The fourth-order valence-electron chi connectivity index (χ4n) is 3.54. The van der Waals surface area contributed by atoms with E-state index < -0.39 is 0 Å². The summed E-state index contributed by atoms with van der Waals surface area (Å²) in [6, 6.07) is 15.7. The number of hydrogen-bond acceptors (Lipinski definition) is 6. The van der Waals surface area contributed by atoms with E-state index in [1.807, 2.05) is 60.4 Å². The highest BCUT2D eigenvalue weighted by Gasteiger charge is 2.28. The smallest absolute Gasteiger partial charge is 0.273 e. The average Bonchev–Trinajstić information content (AvgIpc) is 3.20. The molecule has 2 aromatic carbocycles. The summed E-state index contributed by atoms with van der Waals surface area (Å²) in [6.07, 6.45) is -0.117. The molecule has 0 aliphatic carbocycles. The van der Waals surface area contributed by atoms with Gasteiger partial charge in [0.2, 0.25) is 0 Å². The number of thiazole rings is 1. The van der Waals surface area contributed by atoms with E-state index in [-0.39, 0.29) is 12.0 Å². The predicted octanol–water partition coefficient (Wildman–Crippen LogP) is 4.35. The first-order valence-electron chi connectivity index (χ1n) is 9.76. The number of carbonyl (C=O) groups is 1. The highest BCUT2D eigenvalue weighted by molar-refractivity contribution is 7.15. The first-order valence-corrected chi connectivity index (χ1v) is 10.6. The Labute approximate surface area is 180 Å². The Morgan fingerprint density at radius 3 is 2.63 bits per heavy atom. The van der Waals surface area contributed by atoms with Gasteiger partial charge >= 0.3 is 0 Å². The summed E-state index contributed by atoms with van der Waals surface area (Å²) in [5.41, 5.74) is 2.47. The number of benzene rings is 2. The van der Waals surface area contributed by atoms with E-state index in [2.05, 4.69) is 4.98 Å². The minimum atomic E-state index is -0.117. The van der Waals surface area contributed by atoms with Crippen molar-refractivity contribution < 1.29 is 19.0 Å². The van der Waals surface area contributed by atoms with Gasteiger partial charge in [0.25, 0.3) is 5.91 Å². The van der Waals surface area contributed by atoms with Crippen LogP contribution in [0, 0.1) is 6.92 Å². The van der Waals surface area contributed by atoms with Gasteiger partial charge in [-0.3, -0.25) is 4.79 Å². The number of hydrogen-bond donors (Lipinski definition) is 0. The number of aryl methyl sites for hydroxylation is 1. The standard InChI is InChI=1S/C23H24N2O4S/c1-15-21(24-22(30-15)17-9-10-18(27-2)19(13-17)28-3)23(26)25-11-12-29-20(14-25)16-7-5-4-6-8-16/h4-10,13,20H,11-12,14H2,1-3H3/t20-/m0/s1. The number of aromatic nitrogens is 1. The molecular weight excluding hydrogens is 400 g/mol. The van der Waals surface area contributed by atoms with Gasteiger partial charge in [0.1, 0.15) is 16.8 Å². The number of ether oxygens (including phenoxy) is 3. The Hall–Kier alpha value is -2.90. The summed E-state index contributed by atoms with van der Waals surface area (Å²) >= 11 is 1.50. The minimum absolute atomic E-state index is 0.0558. The van der Waals surface area contributed by atoms with Crippen molar-refractivity contribution in [3.63, 3.8) is 0 Å². The van der Waals surface area contributed by atoms with Crippen LogP contribution in [0.4, 0.5) is 0 Å². The quantitative estimate of drug-likeness (QED) is 0.609. The molecule has 0 spiro atoms. The van der Waals surface area contributed by atoms with Gasteiger partial charge in [-0.2, -0.15) is 0 Å². The molecule has 2 heterocycles. The average molecular weight is 425 g/mol. The first-order chi connectivity index (χ1) is 14.6. The van der Waals surface area contributed by atoms with Crippen molar-refractivity contribution in [2.45, 2.75) is 13.0 Å². The fraction of sp³-hybridized carbons (Fsp3) is 0.304. The van der Waals surface area contributed by atoms with Crippen LogP contribution in [0.15, 0.2) is 48.5 Å². The second kappa shape index (κ2) is 8.85. The number of amides is 1. The molecule has 1 aliphatic rings. The molecule has 0 saturated carbocycles. The van der Waals surface area contributed by atoms with E-state index in [1.165, 1.54) is 11.3 Å². The van der Waals surface area contributed by atoms with E-state index in [9.17, 15) is 4.79 Å². The third-order valence-corrected chi connectivity index (χ3v) is 6.17.